The number of benzene rings is 1. The molecule has 1 aromatic carbocycles. The molecule has 6 nitrogen and oxygen atoms in total. The summed E-state index contributed by atoms with van der Waals surface area (Å²) >= 11 is 6.25. The first kappa shape index (κ1) is 22.9. The number of alkyl halides is 3. The lowest BCUT2D eigenvalue weighted by molar-refractivity contribution is -0.274. The van der Waals surface area contributed by atoms with E-state index in [1.165, 1.54) is 63.5 Å². The van der Waals surface area contributed by atoms with Gasteiger partial charge in [0.15, 0.2) is 0 Å². The third-order valence-corrected chi connectivity index (χ3v) is 6.44. The van der Waals surface area contributed by atoms with Gasteiger partial charge in [-0.05, 0) is 57.2 Å². The van der Waals surface area contributed by atoms with Crippen molar-refractivity contribution in [2.75, 3.05) is 30.3 Å². The molecular weight excluding hydrogens is 443 g/mol. The fourth-order valence-electron chi connectivity index (χ4n) is 4.29. The fraction of sp³-hybridized carbons (Fsp3) is 0.545. The maximum atomic E-state index is 12.6. The van der Waals surface area contributed by atoms with Crippen molar-refractivity contribution in [1.29, 1.82) is 0 Å². The molecule has 1 saturated carbocycles. The lowest BCUT2D eigenvalue weighted by Gasteiger charge is -2.42. The number of aromatic nitrogens is 2. The largest absolute Gasteiger partial charge is 0.573 e. The zero-order valence-corrected chi connectivity index (χ0v) is 18.4. The number of rotatable bonds is 8. The van der Waals surface area contributed by atoms with Gasteiger partial charge in [-0.3, -0.25) is 0 Å². The number of ether oxygens (including phenoxy) is 1. The molecule has 10 heteroatoms. The minimum Gasteiger partial charge on any atom is -0.405 e. The van der Waals surface area contributed by atoms with Gasteiger partial charge in [-0.1, -0.05) is 29.8 Å². The van der Waals surface area contributed by atoms with E-state index in [2.05, 4.69) is 30.2 Å². The van der Waals surface area contributed by atoms with Crippen molar-refractivity contribution < 1.29 is 17.9 Å². The Hall–Kier alpha value is -2.26. The van der Waals surface area contributed by atoms with Gasteiger partial charge in [0.1, 0.15) is 16.6 Å². The van der Waals surface area contributed by atoms with E-state index in [-0.39, 0.29) is 18.2 Å². The molecule has 0 amide bonds. The second-order valence-corrected chi connectivity index (χ2v) is 8.75. The van der Waals surface area contributed by atoms with Gasteiger partial charge < -0.3 is 20.3 Å². The van der Waals surface area contributed by atoms with Crippen molar-refractivity contribution in [3.05, 3.63) is 41.0 Å². The monoisotopic (exact) mass is 469 g/mol. The van der Waals surface area contributed by atoms with Crippen LogP contribution >= 0.6 is 11.6 Å². The summed E-state index contributed by atoms with van der Waals surface area (Å²) in [5.74, 6) is 1.11. The van der Waals surface area contributed by atoms with Crippen LogP contribution in [0.4, 0.5) is 24.9 Å². The molecule has 2 heterocycles. The van der Waals surface area contributed by atoms with Gasteiger partial charge in [-0.15, -0.1) is 13.2 Å². The molecule has 0 radical (unpaired) electrons. The Morgan fingerprint density at radius 2 is 1.84 bits per heavy atom. The van der Waals surface area contributed by atoms with Crippen LogP contribution in [-0.2, 0) is 6.54 Å². The normalized spacial score (nSPS) is 21.6. The number of halogens is 4. The maximum absolute atomic E-state index is 12.6. The molecule has 0 unspecified atom stereocenters. The number of anilines is 2. The van der Waals surface area contributed by atoms with E-state index in [1.807, 2.05) is 0 Å². The quantitative estimate of drug-likeness (QED) is 0.546. The van der Waals surface area contributed by atoms with E-state index in [0.717, 1.165) is 12.6 Å². The summed E-state index contributed by atoms with van der Waals surface area (Å²) in [6, 6.07) is 6.70. The molecule has 1 aliphatic heterocycles. The number of hydrogen-bond donors (Lipinski definition) is 2. The van der Waals surface area contributed by atoms with Crippen LogP contribution in [0.2, 0.25) is 5.02 Å². The van der Waals surface area contributed by atoms with Crippen molar-refractivity contribution in [1.82, 2.24) is 14.9 Å². The standard InChI is InChI=1S/C22H27ClF3N5O/c23-18-14-29-21(28-13-16-4-1-2-5-19(16)32-22(24,25)26)30-20(18)27-12-15-6-8-17(9-7-15)31-10-3-11-31/h1-2,4-5,14-15,17H,3,6-13H2,(H2,27,28,29,30)/t15-,17-. The van der Waals surface area contributed by atoms with E-state index in [1.54, 1.807) is 12.1 Å². The molecule has 1 aromatic heterocycles. The predicted octanol–water partition coefficient (Wildman–Crippen LogP) is 5.32. The van der Waals surface area contributed by atoms with E-state index >= 15 is 0 Å². The van der Waals surface area contributed by atoms with Crippen LogP contribution in [-0.4, -0.2) is 46.9 Å². The van der Waals surface area contributed by atoms with Gasteiger partial charge in [-0.25, -0.2) is 4.98 Å². The smallest absolute Gasteiger partial charge is 0.405 e. The molecule has 4 rings (SSSR count). The highest BCUT2D eigenvalue weighted by atomic mass is 35.5. The van der Waals surface area contributed by atoms with E-state index in [4.69, 9.17) is 11.6 Å². The Morgan fingerprint density at radius 3 is 2.53 bits per heavy atom. The number of hydrogen-bond acceptors (Lipinski definition) is 6. The van der Waals surface area contributed by atoms with Gasteiger partial charge in [0, 0.05) is 24.7 Å². The van der Waals surface area contributed by atoms with Gasteiger partial charge in [0.05, 0.1) is 6.20 Å². The average Bonchev–Trinajstić information content (AvgIpc) is 2.72. The first-order chi connectivity index (χ1) is 15.4. The van der Waals surface area contributed by atoms with Gasteiger partial charge in [0.2, 0.25) is 5.95 Å². The summed E-state index contributed by atoms with van der Waals surface area (Å²) in [6.07, 6.45) is 2.88. The summed E-state index contributed by atoms with van der Waals surface area (Å²) in [4.78, 5) is 11.1. The summed E-state index contributed by atoms with van der Waals surface area (Å²) in [5, 5.41) is 6.68. The van der Waals surface area contributed by atoms with Crippen LogP contribution in [0, 0.1) is 5.92 Å². The molecule has 1 saturated heterocycles. The molecule has 0 bridgehead atoms. The highest BCUT2D eigenvalue weighted by Crippen LogP contribution is 2.31. The van der Waals surface area contributed by atoms with E-state index in [9.17, 15) is 13.2 Å². The Kier molecular flexibility index (Phi) is 7.25. The van der Waals surface area contributed by atoms with Crippen LogP contribution in [0.25, 0.3) is 0 Å². The van der Waals surface area contributed by atoms with Gasteiger partial charge in [0.25, 0.3) is 0 Å². The minimum absolute atomic E-state index is 0.0772. The molecule has 174 valence electrons. The molecule has 2 N–H and O–H groups in total. The maximum Gasteiger partial charge on any atom is 0.573 e. The topological polar surface area (TPSA) is 62.3 Å². The molecule has 2 fully saturated rings. The summed E-state index contributed by atoms with van der Waals surface area (Å²) in [6.45, 7) is 3.35. The van der Waals surface area contributed by atoms with E-state index in [0.29, 0.717) is 22.3 Å². The lowest BCUT2D eigenvalue weighted by atomic mass is 9.84. The van der Waals surface area contributed by atoms with Crippen molar-refractivity contribution in [2.45, 2.75) is 51.1 Å². The van der Waals surface area contributed by atoms with Crippen LogP contribution in [0.3, 0.4) is 0 Å². The Bertz CT molecular complexity index is 901. The SMILES string of the molecule is FC(F)(F)Oc1ccccc1CNc1ncc(Cl)c(NC[C@H]2CC[C@H](N3CCC3)CC2)n1. The van der Waals surface area contributed by atoms with Crippen molar-refractivity contribution in [3.8, 4) is 5.75 Å². The molecule has 0 spiro atoms. The molecule has 32 heavy (non-hydrogen) atoms. The van der Waals surface area contributed by atoms with Gasteiger partial charge in [-0.2, -0.15) is 4.98 Å². The number of nitrogens with zero attached hydrogens (tertiary/aromatic N) is 3. The summed E-state index contributed by atoms with van der Waals surface area (Å²) < 4.78 is 41.9. The van der Waals surface area contributed by atoms with Crippen LogP contribution in [0.15, 0.2) is 30.5 Å². The molecular formula is C22H27ClF3N5O. The Morgan fingerprint density at radius 1 is 1.09 bits per heavy atom. The molecule has 1 aliphatic carbocycles. The van der Waals surface area contributed by atoms with Crippen molar-refractivity contribution in [3.63, 3.8) is 0 Å². The third-order valence-electron chi connectivity index (χ3n) is 6.16. The minimum atomic E-state index is -4.75. The first-order valence-electron chi connectivity index (χ1n) is 11.0. The zero-order valence-electron chi connectivity index (χ0n) is 17.7. The van der Waals surface area contributed by atoms with Crippen molar-refractivity contribution >= 4 is 23.4 Å². The van der Waals surface area contributed by atoms with Gasteiger partial charge >= 0.3 is 6.36 Å². The second-order valence-electron chi connectivity index (χ2n) is 8.34. The predicted molar refractivity (Wildman–Crippen MR) is 118 cm³/mol. The fourth-order valence-corrected chi connectivity index (χ4v) is 4.44. The van der Waals surface area contributed by atoms with Crippen LogP contribution < -0.4 is 15.4 Å². The lowest BCUT2D eigenvalue weighted by Crippen LogP contribution is -2.46. The average molecular weight is 470 g/mol. The number of nitrogens with one attached hydrogen (secondary N) is 2. The highest BCUT2D eigenvalue weighted by Gasteiger charge is 2.32. The molecule has 0 atom stereocenters. The highest BCUT2D eigenvalue weighted by molar-refractivity contribution is 6.32. The number of para-hydroxylation sites is 1. The molecule has 2 aliphatic rings. The summed E-state index contributed by atoms with van der Waals surface area (Å²) in [5.41, 5.74) is 0.344. The summed E-state index contributed by atoms with van der Waals surface area (Å²) in [7, 11) is 0. The molecule has 2 aromatic rings. The third kappa shape index (κ3) is 6.16. The number of likely N-dealkylation sites (tertiary alicyclic amines) is 1. The Labute approximate surface area is 190 Å². The second kappa shape index (κ2) is 10.1. The first-order valence-corrected chi connectivity index (χ1v) is 11.3. The van der Waals surface area contributed by atoms with Crippen molar-refractivity contribution in [2.24, 2.45) is 5.92 Å². The van der Waals surface area contributed by atoms with Crippen LogP contribution in [0.5, 0.6) is 5.75 Å². The van der Waals surface area contributed by atoms with Crippen LogP contribution in [0.1, 0.15) is 37.7 Å². The zero-order chi connectivity index (χ0) is 22.6. The van der Waals surface area contributed by atoms with E-state index < -0.39 is 6.36 Å². The Balaban J connectivity index is 1.30.